The minimum absolute atomic E-state index is 0.136. The van der Waals surface area contributed by atoms with E-state index in [2.05, 4.69) is 9.97 Å². The van der Waals surface area contributed by atoms with E-state index in [1.165, 1.54) is 0 Å². The van der Waals surface area contributed by atoms with E-state index in [4.69, 9.17) is 11.5 Å². The number of hydrogen-bond acceptors (Lipinski definition) is 4. The Balaban J connectivity index is 2.90. The Hall–Kier alpha value is -1.53. The molecule has 0 bridgehead atoms. The number of alkyl halides is 3. The molecule has 4 N–H and O–H groups in total. The van der Waals surface area contributed by atoms with Crippen molar-refractivity contribution < 1.29 is 13.2 Å². The van der Waals surface area contributed by atoms with E-state index in [9.17, 15) is 13.2 Å². The highest BCUT2D eigenvalue weighted by atomic mass is 19.4. The van der Waals surface area contributed by atoms with Crippen molar-refractivity contribution in [2.24, 2.45) is 0 Å². The van der Waals surface area contributed by atoms with Crippen molar-refractivity contribution in [3.8, 4) is 0 Å². The number of nitrogens with zero attached hydrogens (tertiary/aromatic N) is 2. The van der Waals surface area contributed by atoms with Crippen LogP contribution in [0.2, 0.25) is 0 Å². The maximum Gasteiger partial charge on any atom is 0.393 e. The molecule has 0 atom stereocenters. The van der Waals surface area contributed by atoms with E-state index in [1.54, 1.807) is 0 Å². The summed E-state index contributed by atoms with van der Waals surface area (Å²) in [5.41, 5.74) is 10.1. The first-order chi connectivity index (χ1) is 5.88. The Morgan fingerprint density at radius 2 is 1.92 bits per heavy atom. The van der Waals surface area contributed by atoms with E-state index in [-0.39, 0.29) is 17.3 Å². The Morgan fingerprint density at radius 3 is 2.38 bits per heavy atom. The predicted octanol–water partition coefficient (Wildman–Crippen LogP) is 0.746. The summed E-state index contributed by atoms with van der Waals surface area (Å²) in [6.07, 6.45) is -4.47. The van der Waals surface area contributed by atoms with Crippen molar-refractivity contribution in [2.45, 2.75) is 12.6 Å². The lowest BCUT2D eigenvalue weighted by Gasteiger charge is -2.07. The molecule has 0 aromatic carbocycles. The van der Waals surface area contributed by atoms with Crippen LogP contribution in [0.15, 0.2) is 6.20 Å². The fourth-order valence-electron chi connectivity index (χ4n) is 0.786. The Labute approximate surface area is 71.8 Å². The molecule has 0 unspecified atom stereocenters. The van der Waals surface area contributed by atoms with Crippen LogP contribution in [0.3, 0.4) is 0 Å². The molecule has 0 amide bonds. The molecule has 0 saturated heterocycles. The highest BCUT2D eigenvalue weighted by molar-refractivity contribution is 5.41. The second-order valence-electron chi connectivity index (χ2n) is 2.43. The molecule has 0 aliphatic carbocycles. The highest BCUT2D eigenvalue weighted by Crippen LogP contribution is 2.23. The number of anilines is 2. The monoisotopic (exact) mass is 192 g/mol. The average molecular weight is 192 g/mol. The van der Waals surface area contributed by atoms with Crippen LogP contribution in [-0.4, -0.2) is 16.1 Å². The fraction of sp³-hybridized carbons (Fsp3) is 0.333. The van der Waals surface area contributed by atoms with Crippen molar-refractivity contribution >= 4 is 11.8 Å². The van der Waals surface area contributed by atoms with Gasteiger partial charge < -0.3 is 11.5 Å². The summed E-state index contributed by atoms with van der Waals surface area (Å²) >= 11 is 0. The van der Waals surface area contributed by atoms with Gasteiger partial charge in [0.1, 0.15) is 5.82 Å². The second kappa shape index (κ2) is 3.08. The number of nitrogens with two attached hydrogens (primary N) is 2. The van der Waals surface area contributed by atoms with E-state index in [0.29, 0.717) is 0 Å². The Kier molecular flexibility index (Phi) is 2.26. The van der Waals surface area contributed by atoms with Crippen LogP contribution >= 0.6 is 0 Å². The van der Waals surface area contributed by atoms with Gasteiger partial charge in [-0.1, -0.05) is 0 Å². The van der Waals surface area contributed by atoms with E-state index in [1.807, 2.05) is 0 Å². The zero-order chi connectivity index (χ0) is 10.1. The molecular weight excluding hydrogens is 185 g/mol. The van der Waals surface area contributed by atoms with Gasteiger partial charge in [0, 0.05) is 11.8 Å². The first-order valence-corrected chi connectivity index (χ1v) is 3.32. The van der Waals surface area contributed by atoms with Gasteiger partial charge in [-0.2, -0.15) is 18.2 Å². The summed E-state index contributed by atoms with van der Waals surface area (Å²) in [6.45, 7) is 0. The largest absolute Gasteiger partial charge is 0.393 e. The third-order valence-corrected chi connectivity index (χ3v) is 1.31. The van der Waals surface area contributed by atoms with E-state index < -0.39 is 12.6 Å². The second-order valence-corrected chi connectivity index (χ2v) is 2.43. The zero-order valence-corrected chi connectivity index (χ0v) is 6.47. The lowest BCUT2D eigenvalue weighted by atomic mass is 10.2. The number of hydrogen-bond donors (Lipinski definition) is 2. The van der Waals surface area contributed by atoms with Crippen LogP contribution in [0.1, 0.15) is 5.56 Å². The summed E-state index contributed by atoms with van der Waals surface area (Å²) in [4.78, 5) is 6.81. The summed E-state index contributed by atoms with van der Waals surface area (Å²) in [6, 6.07) is 0. The van der Waals surface area contributed by atoms with Gasteiger partial charge in [-0.05, 0) is 0 Å². The third-order valence-electron chi connectivity index (χ3n) is 1.31. The molecule has 7 heteroatoms. The molecule has 1 heterocycles. The topological polar surface area (TPSA) is 77.8 Å². The molecule has 1 aromatic heterocycles. The van der Waals surface area contributed by atoms with Gasteiger partial charge in [0.05, 0.1) is 6.42 Å². The van der Waals surface area contributed by atoms with Gasteiger partial charge in [-0.15, -0.1) is 0 Å². The van der Waals surface area contributed by atoms with E-state index >= 15 is 0 Å². The van der Waals surface area contributed by atoms with Crippen molar-refractivity contribution in [1.29, 1.82) is 0 Å². The average Bonchev–Trinajstić information content (AvgIpc) is 1.93. The normalized spacial score (nSPS) is 11.6. The smallest absolute Gasteiger partial charge is 0.383 e. The summed E-state index contributed by atoms with van der Waals surface area (Å²) in [5.74, 6) is -0.367. The van der Waals surface area contributed by atoms with Crippen LogP contribution in [0, 0.1) is 0 Å². The molecule has 0 aliphatic heterocycles. The molecule has 0 saturated carbocycles. The summed E-state index contributed by atoms with van der Waals surface area (Å²) in [5, 5.41) is 0. The van der Waals surface area contributed by atoms with Gasteiger partial charge in [0.2, 0.25) is 5.95 Å². The molecule has 0 radical (unpaired) electrons. The van der Waals surface area contributed by atoms with Crippen LogP contribution in [0.4, 0.5) is 24.9 Å². The lowest BCUT2D eigenvalue weighted by molar-refractivity contribution is -0.127. The number of nitrogen functional groups attached to an aromatic ring is 2. The van der Waals surface area contributed by atoms with Crippen LogP contribution < -0.4 is 11.5 Å². The molecular formula is C6H7F3N4. The Morgan fingerprint density at radius 1 is 1.31 bits per heavy atom. The molecule has 1 rings (SSSR count). The van der Waals surface area contributed by atoms with Crippen molar-refractivity contribution in [1.82, 2.24) is 9.97 Å². The summed E-state index contributed by atoms with van der Waals surface area (Å²) in [7, 11) is 0. The van der Waals surface area contributed by atoms with E-state index in [0.717, 1.165) is 6.20 Å². The van der Waals surface area contributed by atoms with Crippen LogP contribution in [-0.2, 0) is 6.42 Å². The minimum atomic E-state index is -4.31. The molecule has 1 aromatic rings. The quantitative estimate of drug-likeness (QED) is 0.688. The first kappa shape index (κ1) is 9.56. The van der Waals surface area contributed by atoms with Crippen LogP contribution in [0.25, 0.3) is 0 Å². The van der Waals surface area contributed by atoms with Crippen LogP contribution in [0.5, 0.6) is 0 Å². The lowest BCUT2D eigenvalue weighted by Crippen LogP contribution is -2.14. The molecule has 13 heavy (non-hydrogen) atoms. The third kappa shape index (κ3) is 2.77. The number of rotatable bonds is 1. The van der Waals surface area contributed by atoms with Gasteiger partial charge >= 0.3 is 6.18 Å². The molecule has 0 aliphatic rings. The van der Waals surface area contributed by atoms with Crippen molar-refractivity contribution in [2.75, 3.05) is 11.5 Å². The molecule has 4 nitrogen and oxygen atoms in total. The fourth-order valence-corrected chi connectivity index (χ4v) is 0.786. The highest BCUT2D eigenvalue weighted by Gasteiger charge is 2.29. The summed E-state index contributed by atoms with van der Waals surface area (Å²) < 4.78 is 35.6. The van der Waals surface area contributed by atoms with Gasteiger partial charge in [-0.25, -0.2) is 4.98 Å². The number of aromatic nitrogens is 2. The SMILES string of the molecule is Nc1ncc(CC(F)(F)F)c(N)n1. The number of halogens is 3. The predicted molar refractivity (Wildman–Crippen MR) is 40.6 cm³/mol. The molecule has 0 fully saturated rings. The zero-order valence-electron chi connectivity index (χ0n) is 6.47. The van der Waals surface area contributed by atoms with Gasteiger partial charge in [-0.3, -0.25) is 0 Å². The molecule has 0 spiro atoms. The maximum atomic E-state index is 11.9. The van der Waals surface area contributed by atoms with Crippen molar-refractivity contribution in [3.05, 3.63) is 11.8 Å². The standard InChI is InChI=1S/C6H7F3N4/c7-6(8,9)1-3-2-12-5(11)13-4(3)10/h2H,1H2,(H4,10,11,12,13). The minimum Gasteiger partial charge on any atom is -0.383 e. The Bertz CT molecular complexity index is 309. The van der Waals surface area contributed by atoms with Gasteiger partial charge in [0.25, 0.3) is 0 Å². The van der Waals surface area contributed by atoms with Crippen molar-refractivity contribution in [3.63, 3.8) is 0 Å². The molecule has 72 valence electrons. The van der Waals surface area contributed by atoms with Gasteiger partial charge in [0.15, 0.2) is 0 Å². The first-order valence-electron chi connectivity index (χ1n) is 3.32. The maximum absolute atomic E-state index is 11.9.